The van der Waals surface area contributed by atoms with Crippen molar-refractivity contribution >= 4 is 29.0 Å². The summed E-state index contributed by atoms with van der Waals surface area (Å²) in [5.41, 5.74) is 0.159. The lowest BCUT2D eigenvalue weighted by atomic mass is 9.91. The molecular formula is C18H20N4O2S. The number of rotatable bonds is 2. The van der Waals surface area contributed by atoms with Gasteiger partial charge in [0.1, 0.15) is 11.5 Å². The second-order valence-electron chi connectivity index (χ2n) is 6.37. The third kappa shape index (κ3) is 2.59. The highest BCUT2D eigenvalue weighted by molar-refractivity contribution is 7.12. The van der Waals surface area contributed by atoms with Crippen molar-refractivity contribution in [3.05, 3.63) is 46.3 Å². The molecule has 0 atom stereocenters. The molecule has 0 saturated carbocycles. The summed E-state index contributed by atoms with van der Waals surface area (Å²) in [6, 6.07) is 7.35. The van der Waals surface area contributed by atoms with Gasteiger partial charge < -0.3 is 15.1 Å². The van der Waals surface area contributed by atoms with E-state index in [0.717, 1.165) is 17.2 Å². The van der Waals surface area contributed by atoms with E-state index < -0.39 is 5.66 Å². The van der Waals surface area contributed by atoms with Crippen molar-refractivity contribution in [3.8, 4) is 0 Å². The summed E-state index contributed by atoms with van der Waals surface area (Å²) in [6.45, 7) is 4.06. The minimum atomic E-state index is -0.459. The summed E-state index contributed by atoms with van der Waals surface area (Å²) < 4.78 is 0. The first-order valence-electron chi connectivity index (χ1n) is 8.52. The third-order valence-corrected chi connectivity index (χ3v) is 5.93. The average Bonchev–Trinajstić information content (AvgIpc) is 3.17. The lowest BCUT2D eigenvalue weighted by Gasteiger charge is -2.51. The van der Waals surface area contributed by atoms with Crippen LogP contribution in [-0.2, 0) is 0 Å². The number of likely N-dealkylation sites (tertiary alicyclic amines) is 1. The normalized spacial score (nSPS) is 18.8. The number of nitrogens with zero attached hydrogens (tertiary/aromatic N) is 3. The summed E-state index contributed by atoms with van der Waals surface area (Å²) in [4.78, 5) is 34.4. The molecule has 130 valence electrons. The van der Waals surface area contributed by atoms with Crippen molar-refractivity contribution in [1.29, 1.82) is 0 Å². The molecule has 2 aromatic heterocycles. The molecule has 1 saturated heterocycles. The molecule has 7 heteroatoms. The van der Waals surface area contributed by atoms with Crippen LogP contribution in [0.3, 0.4) is 0 Å². The minimum absolute atomic E-state index is 0.0774. The number of fused-ring (bicyclic) bond motifs is 1. The first-order valence-corrected chi connectivity index (χ1v) is 9.40. The molecule has 1 N–H and O–H groups in total. The van der Waals surface area contributed by atoms with E-state index >= 15 is 0 Å². The van der Waals surface area contributed by atoms with Gasteiger partial charge in [0, 0.05) is 38.7 Å². The molecule has 2 amide bonds. The molecule has 2 aromatic rings. The van der Waals surface area contributed by atoms with Crippen LogP contribution in [0.15, 0.2) is 35.8 Å². The molecular weight excluding hydrogens is 336 g/mol. The number of amides is 2. The van der Waals surface area contributed by atoms with Crippen LogP contribution in [0, 0.1) is 0 Å². The van der Waals surface area contributed by atoms with E-state index in [1.54, 1.807) is 12.3 Å². The Morgan fingerprint density at radius 3 is 2.80 bits per heavy atom. The van der Waals surface area contributed by atoms with Crippen LogP contribution in [0.2, 0.25) is 0 Å². The van der Waals surface area contributed by atoms with Crippen molar-refractivity contribution in [3.63, 3.8) is 0 Å². The number of carbonyl (C=O) groups is 2. The second-order valence-corrected chi connectivity index (χ2v) is 7.32. The van der Waals surface area contributed by atoms with Gasteiger partial charge in [0.2, 0.25) is 0 Å². The van der Waals surface area contributed by atoms with Gasteiger partial charge in [-0.1, -0.05) is 6.07 Å². The molecule has 2 aliphatic rings. The Kier molecular flexibility index (Phi) is 3.95. The third-order valence-electron chi connectivity index (χ3n) is 5.08. The smallest absolute Gasteiger partial charge is 0.263 e. The fraction of sp³-hybridized carbons (Fsp3) is 0.389. The van der Waals surface area contributed by atoms with Crippen molar-refractivity contribution in [2.45, 2.75) is 25.4 Å². The molecule has 0 radical (unpaired) electrons. The zero-order chi connectivity index (χ0) is 17.4. The maximum atomic E-state index is 12.6. The molecule has 4 heterocycles. The van der Waals surface area contributed by atoms with E-state index in [-0.39, 0.29) is 11.8 Å². The maximum Gasteiger partial charge on any atom is 0.263 e. The SMILES string of the molecule is CCN1c2ncccc2C(=O)NC12CCN(C(=O)c1cccs1)CC2. The van der Waals surface area contributed by atoms with Crippen LogP contribution in [0.5, 0.6) is 0 Å². The fourth-order valence-electron chi connectivity index (χ4n) is 3.82. The topological polar surface area (TPSA) is 65.5 Å². The Labute approximate surface area is 150 Å². The summed E-state index contributed by atoms with van der Waals surface area (Å²) in [5.74, 6) is 0.742. The number of hydrogen-bond acceptors (Lipinski definition) is 5. The maximum absolute atomic E-state index is 12.6. The number of hydrogen-bond donors (Lipinski definition) is 1. The largest absolute Gasteiger partial charge is 0.338 e. The average molecular weight is 356 g/mol. The molecule has 6 nitrogen and oxygen atoms in total. The first-order chi connectivity index (χ1) is 12.1. The molecule has 0 bridgehead atoms. The van der Waals surface area contributed by atoms with Crippen molar-refractivity contribution in [2.75, 3.05) is 24.5 Å². The summed E-state index contributed by atoms with van der Waals surface area (Å²) in [7, 11) is 0. The van der Waals surface area contributed by atoms with E-state index in [0.29, 0.717) is 31.5 Å². The predicted molar refractivity (Wildman–Crippen MR) is 96.9 cm³/mol. The minimum Gasteiger partial charge on any atom is -0.338 e. The van der Waals surface area contributed by atoms with E-state index in [9.17, 15) is 9.59 Å². The number of carbonyl (C=O) groups excluding carboxylic acids is 2. The Balaban J connectivity index is 1.58. The van der Waals surface area contributed by atoms with E-state index in [1.807, 2.05) is 28.5 Å². The molecule has 2 aliphatic heterocycles. The number of anilines is 1. The molecule has 1 spiro atoms. The highest BCUT2D eigenvalue weighted by Gasteiger charge is 2.46. The van der Waals surface area contributed by atoms with Gasteiger partial charge in [-0.15, -0.1) is 11.3 Å². The van der Waals surface area contributed by atoms with Crippen molar-refractivity contribution < 1.29 is 9.59 Å². The number of thiophene rings is 1. The Morgan fingerprint density at radius 2 is 2.12 bits per heavy atom. The van der Waals surface area contributed by atoms with Crippen LogP contribution in [-0.4, -0.2) is 47.0 Å². The number of nitrogens with one attached hydrogen (secondary N) is 1. The predicted octanol–water partition coefficient (Wildman–Crippen LogP) is 2.35. The van der Waals surface area contributed by atoms with Gasteiger partial charge in [-0.2, -0.15) is 0 Å². The highest BCUT2D eigenvalue weighted by Crippen LogP contribution is 2.36. The van der Waals surface area contributed by atoms with Gasteiger partial charge in [0.05, 0.1) is 10.4 Å². The molecule has 25 heavy (non-hydrogen) atoms. The molecule has 4 rings (SSSR count). The van der Waals surface area contributed by atoms with Gasteiger partial charge in [-0.05, 0) is 30.5 Å². The number of aromatic nitrogens is 1. The molecule has 0 unspecified atom stereocenters. The van der Waals surface area contributed by atoms with Gasteiger partial charge in [-0.3, -0.25) is 9.59 Å². The van der Waals surface area contributed by atoms with Crippen molar-refractivity contribution in [1.82, 2.24) is 15.2 Å². The van der Waals surface area contributed by atoms with E-state index in [4.69, 9.17) is 0 Å². The lowest BCUT2D eigenvalue weighted by molar-refractivity contribution is 0.0606. The summed E-state index contributed by atoms with van der Waals surface area (Å²) in [5, 5.41) is 5.11. The molecule has 0 aliphatic carbocycles. The van der Waals surface area contributed by atoms with Gasteiger partial charge in [-0.25, -0.2) is 4.98 Å². The molecule has 0 aromatic carbocycles. The van der Waals surface area contributed by atoms with Crippen LogP contribution in [0.1, 0.15) is 39.8 Å². The van der Waals surface area contributed by atoms with Crippen LogP contribution in [0.25, 0.3) is 0 Å². The van der Waals surface area contributed by atoms with Crippen LogP contribution < -0.4 is 10.2 Å². The summed E-state index contributed by atoms with van der Waals surface area (Å²) >= 11 is 1.47. The Bertz CT molecular complexity index is 797. The zero-order valence-corrected chi connectivity index (χ0v) is 14.9. The fourth-order valence-corrected chi connectivity index (χ4v) is 4.51. The van der Waals surface area contributed by atoms with Gasteiger partial charge in [0.25, 0.3) is 11.8 Å². The lowest BCUT2D eigenvalue weighted by Crippen LogP contribution is -2.68. The van der Waals surface area contributed by atoms with Crippen LogP contribution in [0.4, 0.5) is 5.82 Å². The Hall–Kier alpha value is -2.41. The second kappa shape index (κ2) is 6.15. The monoisotopic (exact) mass is 356 g/mol. The van der Waals surface area contributed by atoms with Crippen LogP contribution >= 0.6 is 11.3 Å². The number of piperidine rings is 1. The molecule has 1 fully saturated rings. The quantitative estimate of drug-likeness (QED) is 0.897. The van der Waals surface area contributed by atoms with Gasteiger partial charge in [0.15, 0.2) is 0 Å². The Morgan fingerprint density at radius 1 is 1.32 bits per heavy atom. The van der Waals surface area contributed by atoms with E-state index in [2.05, 4.69) is 22.1 Å². The van der Waals surface area contributed by atoms with Gasteiger partial charge >= 0.3 is 0 Å². The zero-order valence-electron chi connectivity index (χ0n) is 14.1. The van der Waals surface area contributed by atoms with Crippen molar-refractivity contribution in [2.24, 2.45) is 0 Å². The number of pyridine rings is 1. The summed E-state index contributed by atoms with van der Waals surface area (Å²) in [6.07, 6.45) is 3.11. The standard InChI is InChI=1S/C18H20N4O2S/c1-2-22-15-13(5-3-9-19-15)16(23)20-18(22)7-10-21(11-8-18)17(24)14-6-4-12-25-14/h3-6,9,12H,2,7-8,10-11H2,1H3,(H,20,23). The first kappa shape index (κ1) is 16.1. The highest BCUT2D eigenvalue weighted by atomic mass is 32.1. The van der Waals surface area contributed by atoms with E-state index in [1.165, 1.54) is 11.3 Å².